The van der Waals surface area contributed by atoms with Gasteiger partial charge in [0, 0.05) is 18.3 Å². The van der Waals surface area contributed by atoms with Gasteiger partial charge in [-0.15, -0.1) is 0 Å². The number of aryl methyl sites for hydroxylation is 3. The van der Waals surface area contributed by atoms with Crippen LogP contribution < -0.4 is 11.0 Å². The van der Waals surface area contributed by atoms with Gasteiger partial charge >= 0.3 is 0 Å². The molecule has 0 saturated heterocycles. The van der Waals surface area contributed by atoms with Crippen molar-refractivity contribution in [2.75, 3.05) is 0 Å². The summed E-state index contributed by atoms with van der Waals surface area (Å²) in [6.07, 6.45) is 4.44. The van der Waals surface area contributed by atoms with E-state index in [1.165, 1.54) is 10.5 Å². The van der Waals surface area contributed by atoms with Crippen LogP contribution in [0.5, 0.6) is 0 Å². The summed E-state index contributed by atoms with van der Waals surface area (Å²) in [6, 6.07) is 14.5. The Bertz CT molecular complexity index is 1550. The third-order valence-electron chi connectivity index (χ3n) is 5.68. The first kappa shape index (κ1) is 22.2. The number of benzene rings is 1. The van der Waals surface area contributed by atoms with Crippen LogP contribution in [0.25, 0.3) is 16.7 Å². The second-order valence-electron chi connectivity index (χ2n) is 8.18. The van der Waals surface area contributed by atoms with E-state index in [0.717, 1.165) is 30.4 Å². The van der Waals surface area contributed by atoms with Gasteiger partial charge in [-0.05, 0) is 50.1 Å². The monoisotopic (exact) mass is 439 g/mol. The molecule has 0 N–H and O–H groups in total. The van der Waals surface area contributed by atoms with Gasteiger partial charge < -0.3 is 4.57 Å². The molecular weight excluding hydrogens is 414 g/mol. The Hall–Kier alpha value is -4.05. The molecule has 7 nitrogen and oxygen atoms in total. The van der Waals surface area contributed by atoms with E-state index in [0.29, 0.717) is 28.8 Å². The standard InChI is InChI=1S/C26H25N5O2/c1-4-5-6-12-30-23(29-25(32)19-11-7-9-17(2)14-19)20(16-27)15-21-24(30)28-22-18(3)10-8-13-31(22)26(21)33/h7-11,13-15H,4-6,12H2,1-3H3. The lowest BCUT2D eigenvalue weighted by Gasteiger charge is -2.14. The number of hydrogen-bond acceptors (Lipinski definition) is 4. The Morgan fingerprint density at radius 1 is 1.12 bits per heavy atom. The number of aromatic nitrogens is 3. The van der Waals surface area contributed by atoms with Crippen LogP contribution in [-0.2, 0) is 6.54 Å². The fourth-order valence-electron chi connectivity index (χ4n) is 3.96. The molecule has 1 amide bonds. The third kappa shape index (κ3) is 4.20. The molecule has 0 bridgehead atoms. The Morgan fingerprint density at radius 3 is 2.67 bits per heavy atom. The van der Waals surface area contributed by atoms with E-state index in [2.05, 4.69) is 18.0 Å². The van der Waals surface area contributed by atoms with Crippen molar-refractivity contribution in [3.8, 4) is 6.07 Å². The number of nitriles is 1. The minimum Gasteiger partial charge on any atom is -0.309 e. The van der Waals surface area contributed by atoms with Crippen molar-refractivity contribution < 1.29 is 4.79 Å². The zero-order valence-corrected chi connectivity index (χ0v) is 19.0. The average Bonchev–Trinajstić information content (AvgIpc) is 2.81. The Kier molecular flexibility index (Phi) is 6.18. The number of unbranched alkanes of at least 4 members (excludes halogenated alkanes) is 2. The van der Waals surface area contributed by atoms with Crippen LogP contribution in [0, 0.1) is 25.2 Å². The van der Waals surface area contributed by atoms with Gasteiger partial charge in [-0.2, -0.15) is 10.3 Å². The van der Waals surface area contributed by atoms with Crippen LogP contribution >= 0.6 is 0 Å². The summed E-state index contributed by atoms with van der Waals surface area (Å²) in [4.78, 5) is 35.4. The fraction of sp³-hybridized carbons (Fsp3) is 0.269. The molecule has 33 heavy (non-hydrogen) atoms. The molecular formula is C26H25N5O2. The molecule has 3 aromatic heterocycles. The fourth-order valence-corrected chi connectivity index (χ4v) is 3.96. The van der Waals surface area contributed by atoms with E-state index >= 15 is 0 Å². The summed E-state index contributed by atoms with van der Waals surface area (Å²) in [5.74, 6) is -0.438. The maximum Gasteiger partial charge on any atom is 0.279 e. The van der Waals surface area contributed by atoms with Gasteiger partial charge in [0.2, 0.25) is 0 Å². The summed E-state index contributed by atoms with van der Waals surface area (Å²) in [7, 11) is 0. The zero-order valence-electron chi connectivity index (χ0n) is 19.0. The van der Waals surface area contributed by atoms with Crippen molar-refractivity contribution in [2.24, 2.45) is 4.99 Å². The van der Waals surface area contributed by atoms with Gasteiger partial charge in [-0.1, -0.05) is 43.5 Å². The van der Waals surface area contributed by atoms with E-state index in [4.69, 9.17) is 4.98 Å². The second-order valence-corrected chi connectivity index (χ2v) is 8.18. The maximum atomic E-state index is 13.3. The van der Waals surface area contributed by atoms with Crippen LogP contribution in [0.3, 0.4) is 0 Å². The number of fused-ring (bicyclic) bond motifs is 2. The van der Waals surface area contributed by atoms with Gasteiger partial charge in [0.25, 0.3) is 11.5 Å². The molecule has 0 unspecified atom stereocenters. The zero-order chi connectivity index (χ0) is 23.5. The second kappa shape index (κ2) is 9.21. The van der Waals surface area contributed by atoms with E-state index in [-0.39, 0.29) is 16.6 Å². The van der Waals surface area contributed by atoms with Crippen LogP contribution in [0.2, 0.25) is 0 Å². The molecule has 0 fully saturated rings. The maximum absolute atomic E-state index is 13.3. The highest BCUT2D eigenvalue weighted by atomic mass is 16.1. The van der Waals surface area contributed by atoms with Crippen molar-refractivity contribution in [2.45, 2.75) is 46.6 Å². The highest BCUT2D eigenvalue weighted by Gasteiger charge is 2.16. The van der Waals surface area contributed by atoms with Crippen LogP contribution in [0.1, 0.15) is 53.2 Å². The van der Waals surface area contributed by atoms with Gasteiger partial charge in [-0.25, -0.2) is 4.98 Å². The molecule has 0 aliphatic carbocycles. The molecule has 4 rings (SSSR count). The number of pyridine rings is 2. The lowest BCUT2D eigenvalue weighted by Crippen LogP contribution is -2.29. The summed E-state index contributed by atoms with van der Waals surface area (Å²) in [6.45, 7) is 6.39. The Morgan fingerprint density at radius 2 is 1.94 bits per heavy atom. The van der Waals surface area contributed by atoms with Crippen LogP contribution in [0.15, 0.2) is 58.4 Å². The molecule has 7 heteroatoms. The van der Waals surface area contributed by atoms with Gasteiger partial charge in [-0.3, -0.25) is 14.0 Å². The highest BCUT2D eigenvalue weighted by Crippen LogP contribution is 2.14. The molecule has 0 aliphatic rings. The predicted octanol–water partition coefficient (Wildman–Crippen LogP) is 4.07. The summed E-state index contributed by atoms with van der Waals surface area (Å²) < 4.78 is 3.25. The molecule has 3 heterocycles. The number of carbonyl (C=O) groups excluding carboxylic acids is 1. The van der Waals surface area contributed by atoms with Crippen molar-refractivity contribution in [3.63, 3.8) is 0 Å². The topological polar surface area (TPSA) is 92.5 Å². The van der Waals surface area contributed by atoms with Crippen molar-refractivity contribution in [3.05, 3.63) is 86.8 Å². The van der Waals surface area contributed by atoms with E-state index < -0.39 is 5.91 Å². The quantitative estimate of drug-likeness (QED) is 0.346. The number of rotatable bonds is 5. The van der Waals surface area contributed by atoms with Gasteiger partial charge in [0.1, 0.15) is 17.4 Å². The third-order valence-corrected chi connectivity index (χ3v) is 5.68. The average molecular weight is 440 g/mol. The number of carbonyl (C=O) groups is 1. The van der Waals surface area contributed by atoms with Gasteiger partial charge in [0.15, 0.2) is 5.49 Å². The molecule has 0 saturated carbocycles. The summed E-state index contributed by atoms with van der Waals surface area (Å²) >= 11 is 0. The Balaban J connectivity index is 2.08. The lowest BCUT2D eigenvalue weighted by atomic mass is 10.1. The molecule has 1 aromatic carbocycles. The summed E-state index contributed by atoms with van der Waals surface area (Å²) in [5, 5.41) is 10.2. The molecule has 4 aromatic rings. The normalized spacial score (nSPS) is 11.8. The van der Waals surface area contributed by atoms with Crippen LogP contribution in [-0.4, -0.2) is 19.9 Å². The number of nitrogens with zero attached hydrogens (tertiary/aromatic N) is 5. The van der Waals surface area contributed by atoms with E-state index in [1.807, 2.05) is 26.0 Å². The van der Waals surface area contributed by atoms with Crippen molar-refractivity contribution in [1.29, 1.82) is 5.26 Å². The van der Waals surface area contributed by atoms with Crippen molar-refractivity contribution in [1.82, 2.24) is 14.0 Å². The lowest BCUT2D eigenvalue weighted by molar-refractivity contribution is 0.0997. The minimum atomic E-state index is -0.438. The van der Waals surface area contributed by atoms with E-state index in [1.54, 1.807) is 35.0 Å². The molecule has 166 valence electrons. The smallest absolute Gasteiger partial charge is 0.279 e. The first-order valence-electron chi connectivity index (χ1n) is 11.1. The van der Waals surface area contributed by atoms with E-state index in [9.17, 15) is 14.9 Å². The first-order chi connectivity index (χ1) is 15.9. The minimum absolute atomic E-state index is 0.173. The first-order valence-corrected chi connectivity index (χ1v) is 11.1. The summed E-state index contributed by atoms with van der Waals surface area (Å²) in [5.41, 5.74) is 3.37. The van der Waals surface area contributed by atoms with Gasteiger partial charge in [0.05, 0.1) is 10.9 Å². The largest absolute Gasteiger partial charge is 0.309 e. The number of amides is 1. The molecule has 0 spiro atoms. The molecule has 0 radical (unpaired) electrons. The van der Waals surface area contributed by atoms with Crippen molar-refractivity contribution >= 4 is 22.6 Å². The number of hydrogen-bond donors (Lipinski definition) is 0. The highest BCUT2D eigenvalue weighted by molar-refractivity contribution is 5.95. The Labute approximate surface area is 191 Å². The SMILES string of the molecule is CCCCCn1c(=NC(=O)c2cccc(C)c2)c(C#N)cc2c(=O)n3cccc(C)c3nc21. The predicted molar refractivity (Wildman–Crippen MR) is 127 cm³/mol. The molecule has 0 atom stereocenters. The molecule has 0 aliphatic heterocycles. The van der Waals surface area contributed by atoms with Crippen LogP contribution in [0.4, 0.5) is 0 Å².